The molecule has 132 valence electrons. The predicted molar refractivity (Wildman–Crippen MR) is 102 cm³/mol. The first-order valence-electron chi connectivity index (χ1n) is 9.00. The number of ether oxygens (including phenoxy) is 1. The Morgan fingerprint density at radius 2 is 1.92 bits per heavy atom. The van der Waals surface area contributed by atoms with Gasteiger partial charge >= 0.3 is 0 Å². The van der Waals surface area contributed by atoms with Crippen LogP contribution < -0.4 is 10.1 Å². The van der Waals surface area contributed by atoms with E-state index in [9.17, 15) is 4.79 Å². The minimum Gasteiger partial charge on any atom is -0.497 e. The number of methoxy groups -OCH3 is 1. The molecule has 0 aliphatic heterocycles. The van der Waals surface area contributed by atoms with Crippen LogP contribution in [0.1, 0.15) is 30.0 Å². The van der Waals surface area contributed by atoms with E-state index in [2.05, 4.69) is 10.3 Å². The van der Waals surface area contributed by atoms with Crippen LogP contribution in [0, 0.1) is 5.92 Å². The quantitative estimate of drug-likeness (QED) is 0.732. The van der Waals surface area contributed by atoms with Gasteiger partial charge in [-0.25, -0.2) is 0 Å². The van der Waals surface area contributed by atoms with Crippen LogP contribution in [0.5, 0.6) is 5.75 Å². The lowest BCUT2D eigenvalue weighted by Gasteiger charge is -2.19. The number of hydrogen-bond acceptors (Lipinski definition) is 3. The van der Waals surface area contributed by atoms with Crippen LogP contribution in [-0.4, -0.2) is 18.0 Å². The lowest BCUT2D eigenvalue weighted by atomic mass is 10.0. The molecule has 1 atom stereocenters. The maximum absolute atomic E-state index is 12.7. The lowest BCUT2D eigenvalue weighted by Crippen LogP contribution is -2.31. The van der Waals surface area contributed by atoms with E-state index in [1.54, 1.807) is 13.3 Å². The first-order chi connectivity index (χ1) is 12.7. The molecule has 1 aliphatic rings. The minimum atomic E-state index is 0.0378. The molecule has 3 aromatic rings. The first kappa shape index (κ1) is 16.6. The molecule has 0 bridgehead atoms. The molecule has 0 saturated heterocycles. The number of hydrogen-bond donors (Lipinski definition) is 1. The number of carbonyl (C=O) groups excluding carboxylic acids is 1. The summed E-state index contributed by atoms with van der Waals surface area (Å²) in [5, 5.41) is 4.30. The average molecular weight is 346 g/mol. The zero-order valence-electron chi connectivity index (χ0n) is 14.8. The zero-order valence-corrected chi connectivity index (χ0v) is 14.8. The standard InChI is InChI=1S/C22H22N2O2/c1-26-19-11-9-17(10-12-19)22(16-7-8-16)24-20(25)14-18-5-2-4-15-6-3-13-23-21(15)18/h2-6,9-13,16,22H,7-8,14H2,1H3,(H,24,25). The highest BCUT2D eigenvalue weighted by molar-refractivity contribution is 5.87. The first-order valence-corrected chi connectivity index (χ1v) is 9.00. The summed E-state index contributed by atoms with van der Waals surface area (Å²) in [5.74, 6) is 1.39. The highest BCUT2D eigenvalue weighted by Crippen LogP contribution is 2.41. The van der Waals surface area contributed by atoms with Gasteiger partial charge in [0.25, 0.3) is 0 Å². The van der Waals surface area contributed by atoms with Crippen molar-refractivity contribution < 1.29 is 9.53 Å². The molecule has 1 heterocycles. The number of aromatic nitrogens is 1. The SMILES string of the molecule is COc1ccc(C(NC(=O)Cc2cccc3cccnc23)C2CC2)cc1. The maximum atomic E-state index is 12.7. The highest BCUT2D eigenvalue weighted by Gasteiger charge is 2.33. The van der Waals surface area contributed by atoms with Crippen LogP contribution in [0.15, 0.2) is 60.8 Å². The summed E-state index contributed by atoms with van der Waals surface area (Å²) >= 11 is 0. The van der Waals surface area contributed by atoms with Crippen molar-refractivity contribution in [2.24, 2.45) is 5.92 Å². The van der Waals surface area contributed by atoms with E-state index in [0.717, 1.165) is 40.6 Å². The third-order valence-corrected chi connectivity index (χ3v) is 4.95. The van der Waals surface area contributed by atoms with Gasteiger partial charge in [-0.15, -0.1) is 0 Å². The number of benzene rings is 2. The second-order valence-electron chi connectivity index (χ2n) is 6.82. The Balaban J connectivity index is 1.51. The van der Waals surface area contributed by atoms with Gasteiger partial charge in [0.15, 0.2) is 0 Å². The molecule has 1 unspecified atom stereocenters. The summed E-state index contributed by atoms with van der Waals surface area (Å²) in [5.41, 5.74) is 3.00. The van der Waals surface area contributed by atoms with Crippen molar-refractivity contribution in [2.75, 3.05) is 7.11 Å². The second-order valence-corrected chi connectivity index (χ2v) is 6.82. The number of fused-ring (bicyclic) bond motifs is 1. The number of rotatable bonds is 6. The van der Waals surface area contributed by atoms with E-state index >= 15 is 0 Å². The molecule has 1 aliphatic carbocycles. The summed E-state index contributed by atoms with van der Waals surface area (Å²) in [6, 6.07) is 18.0. The normalized spacial score (nSPS) is 14.8. The molecule has 4 rings (SSSR count). The highest BCUT2D eigenvalue weighted by atomic mass is 16.5. The predicted octanol–water partition coefficient (Wildman–Crippen LogP) is 4.05. The zero-order chi connectivity index (χ0) is 17.9. The molecular formula is C22H22N2O2. The number of pyridine rings is 1. The summed E-state index contributed by atoms with van der Waals surface area (Å²) in [6.45, 7) is 0. The Morgan fingerprint density at radius 1 is 1.15 bits per heavy atom. The van der Waals surface area contributed by atoms with Crippen LogP contribution in [-0.2, 0) is 11.2 Å². The van der Waals surface area contributed by atoms with Gasteiger partial charge in [0.05, 0.1) is 25.1 Å². The number of amides is 1. The molecule has 0 spiro atoms. The van der Waals surface area contributed by atoms with E-state index in [1.165, 1.54) is 0 Å². The van der Waals surface area contributed by atoms with E-state index in [1.807, 2.05) is 54.6 Å². The van der Waals surface area contributed by atoms with Gasteiger partial charge in [-0.1, -0.05) is 36.4 Å². The van der Waals surface area contributed by atoms with Crippen LogP contribution in [0.25, 0.3) is 10.9 Å². The second kappa shape index (κ2) is 7.16. The molecule has 2 aromatic carbocycles. The molecule has 4 nitrogen and oxygen atoms in total. The molecule has 0 radical (unpaired) electrons. The van der Waals surface area contributed by atoms with Crippen molar-refractivity contribution in [1.82, 2.24) is 10.3 Å². The molecule has 26 heavy (non-hydrogen) atoms. The minimum absolute atomic E-state index is 0.0378. The summed E-state index contributed by atoms with van der Waals surface area (Å²) < 4.78 is 5.23. The molecule has 1 N–H and O–H groups in total. The van der Waals surface area contributed by atoms with Gasteiger partial charge in [0.2, 0.25) is 5.91 Å². The van der Waals surface area contributed by atoms with E-state index in [-0.39, 0.29) is 11.9 Å². The fourth-order valence-electron chi connectivity index (χ4n) is 3.42. The molecule has 1 amide bonds. The molecule has 1 aromatic heterocycles. The van der Waals surface area contributed by atoms with Crippen LogP contribution in [0.3, 0.4) is 0 Å². The Hall–Kier alpha value is -2.88. The van der Waals surface area contributed by atoms with E-state index < -0.39 is 0 Å². The monoisotopic (exact) mass is 346 g/mol. The fourth-order valence-corrected chi connectivity index (χ4v) is 3.42. The van der Waals surface area contributed by atoms with Gasteiger partial charge in [0.1, 0.15) is 5.75 Å². The van der Waals surface area contributed by atoms with Gasteiger partial charge in [-0.2, -0.15) is 0 Å². The smallest absolute Gasteiger partial charge is 0.224 e. The Kier molecular flexibility index (Phi) is 4.57. The third-order valence-electron chi connectivity index (χ3n) is 4.95. The van der Waals surface area contributed by atoms with Crippen LogP contribution >= 0.6 is 0 Å². The van der Waals surface area contributed by atoms with Crippen molar-refractivity contribution in [3.63, 3.8) is 0 Å². The van der Waals surface area contributed by atoms with Gasteiger partial charge in [0, 0.05) is 11.6 Å². The topological polar surface area (TPSA) is 51.2 Å². The summed E-state index contributed by atoms with van der Waals surface area (Å²) in [6.07, 6.45) is 4.43. The molecule has 1 saturated carbocycles. The summed E-state index contributed by atoms with van der Waals surface area (Å²) in [7, 11) is 1.66. The molecular weight excluding hydrogens is 324 g/mol. The Bertz CT molecular complexity index is 912. The van der Waals surface area contributed by atoms with Crippen molar-refractivity contribution >= 4 is 16.8 Å². The fraction of sp³-hybridized carbons (Fsp3) is 0.273. The largest absolute Gasteiger partial charge is 0.497 e. The van der Waals surface area contributed by atoms with Crippen molar-refractivity contribution in [3.8, 4) is 5.75 Å². The van der Waals surface area contributed by atoms with E-state index in [4.69, 9.17) is 4.74 Å². The Labute approximate surface area is 153 Å². The molecule has 1 fully saturated rings. The Morgan fingerprint density at radius 3 is 2.65 bits per heavy atom. The van der Waals surface area contributed by atoms with Crippen molar-refractivity contribution in [2.45, 2.75) is 25.3 Å². The number of nitrogens with zero attached hydrogens (tertiary/aromatic N) is 1. The van der Waals surface area contributed by atoms with Gasteiger partial charge in [-0.05, 0) is 48.1 Å². The van der Waals surface area contributed by atoms with Gasteiger partial charge < -0.3 is 10.1 Å². The average Bonchev–Trinajstić information content (AvgIpc) is 3.52. The van der Waals surface area contributed by atoms with E-state index in [0.29, 0.717) is 12.3 Å². The van der Waals surface area contributed by atoms with Gasteiger partial charge in [-0.3, -0.25) is 9.78 Å². The van der Waals surface area contributed by atoms with Crippen LogP contribution in [0.2, 0.25) is 0 Å². The maximum Gasteiger partial charge on any atom is 0.224 e. The van der Waals surface area contributed by atoms with Crippen molar-refractivity contribution in [1.29, 1.82) is 0 Å². The number of para-hydroxylation sites is 1. The van der Waals surface area contributed by atoms with Crippen molar-refractivity contribution in [3.05, 3.63) is 71.9 Å². The molecule has 4 heteroatoms. The number of carbonyl (C=O) groups is 1. The third kappa shape index (κ3) is 3.54. The lowest BCUT2D eigenvalue weighted by molar-refractivity contribution is -0.121. The van der Waals surface area contributed by atoms with Crippen LogP contribution in [0.4, 0.5) is 0 Å². The summed E-state index contributed by atoms with van der Waals surface area (Å²) in [4.78, 5) is 17.2. The number of nitrogens with one attached hydrogen (secondary N) is 1.